The van der Waals surface area contributed by atoms with Crippen LogP contribution in [-0.2, 0) is 6.54 Å². The van der Waals surface area contributed by atoms with E-state index in [-0.39, 0.29) is 11.9 Å². The van der Waals surface area contributed by atoms with Crippen LogP contribution in [-0.4, -0.2) is 36.0 Å². The van der Waals surface area contributed by atoms with Crippen molar-refractivity contribution in [3.63, 3.8) is 0 Å². The highest BCUT2D eigenvalue weighted by atomic mass is 32.1. The van der Waals surface area contributed by atoms with Gasteiger partial charge < -0.3 is 10.1 Å². The molecule has 0 bridgehead atoms. The third kappa shape index (κ3) is 4.89. The van der Waals surface area contributed by atoms with Crippen LogP contribution >= 0.6 is 11.3 Å². The van der Waals surface area contributed by atoms with Gasteiger partial charge in [0.25, 0.3) is 5.91 Å². The van der Waals surface area contributed by atoms with Crippen molar-refractivity contribution in [1.29, 1.82) is 0 Å². The largest absolute Gasteiger partial charge is 0.496 e. The number of hydrogen-bond acceptors (Lipinski definition) is 5. The number of likely N-dealkylation sites (tertiary alicyclic amines) is 1. The van der Waals surface area contributed by atoms with Crippen molar-refractivity contribution in [2.75, 3.05) is 20.2 Å². The van der Waals surface area contributed by atoms with Crippen LogP contribution < -0.4 is 10.1 Å². The van der Waals surface area contributed by atoms with E-state index >= 15 is 0 Å². The fourth-order valence-electron chi connectivity index (χ4n) is 4.16. The number of para-hydroxylation sites is 1. The van der Waals surface area contributed by atoms with Gasteiger partial charge in [0.1, 0.15) is 10.8 Å². The lowest BCUT2D eigenvalue weighted by molar-refractivity contribution is 0.0877. The maximum Gasteiger partial charge on any atom is 0.251 e. The zero-order valence-corrected chi connectivity index (χ0v) is 18.0. The van der Waals surface area contributed by atoms with Crippen LogP contribution in [0.25, 0.3) is 0 Å². The minimum Gasteiger partial charge on any atom is -0.496 e. The number of nitrogens with one attached hydrogen (secondary N) is 1. The second-order valence-corrected chi connectivity index (χ2v) is 8.56. The first-order chi connectivity index (χ1) is 14.7. The fraction of sp³-hybridized carbons (Fsp3) is 0.333. The lowest BCUT2D eigenvalue weighted by Gasteiger charge is -2.36. The van der Waals surface area contributed by atoms with Crippen LogP contribution in [0.15, 0.2) is 66.2 Å². The summed E-state index contributed by atoms with van der Waals surface area (Å²) < 4.78 is 5.53. The predicted molar refractivity (Wildman–Crippen MR) is 120 cm³/mol. The summed E-state index contributed by atoms with van der Waals surface area (Å²) in [5.41, 5.74) is 1.88. The normalized spacial score (nSPS) is 18.0. The number of aromatic nitrogens is 1. The minimum absolute atomic E-state index is 0.0438. The highest BCUT2D eigenvalue weighted by Crippen LogP contribution is 2.32. The summed E-state index contributed by atoms with van der Waals surface area (Å²) in [6.45, 7) is 2.81. The highest BCUT2D eigenvalue weighted by Gasteiger charge is 2.31. The average Bonchev–Trinajstić information content (AvgIpc) is 3.33. The van der Waals surface area contributed by atoms with Crippen LogP contribution in [0.2, 0.25) is 0 Å². The molecule has 1 N–H and O–H groups in total. The molecule has 1 saturated heterocycles. The molecule has 1 aliphatic heterocycles. The molecule has 2 heterocycles. The average molecular weight is 422 g/mol. The van der Waals surface area contributed by atoms with Gasteiger partial charge in [0.2, 0.25) is 0 Å². The van der Waals surface area contributed by atoms with Gasteiger partial charge in [-0.05, 0) is 43.5 Å². The molecule has 5 nitrogen and oxygen atoms in total. The molecule has 4 rings (SSSR count). The lowest BCUT2D eigenvalue weighted by atomic mass is 9.90. The number of methoxy groups -OCH3 is 1. The lowest BCUT2D eigenvalue weighted by Crippen LogP contribution is -2.42. The van der Waals surface area contributed by atoms with Gasteiger partial charge in [-0.25, -0.2) is 4.98 Å². The van der Waals surface area contributed by atoms with E-state index in [0.717, 1.165) is 43.2 Å². The second-order valence-electron chi connectivity index (χ2n) is 7.64. The van der Waals surface area contributed by atoms with Crippen molar-refractivity contribution >= 4 is 17.2 Å². The van der Waals surface area contributed by atoms with E-state index in [0.29, 0.717) is 11.5 Å². The zero-order valence-electron chi connectivity index (χ0n) is 17.2. The maximum atomic E-state index is 12.9. The summed E-state index contributed by atoms with van der Waals surface area (Å²) in [5.74, 6) is 1.19. The van der Waals surface area contributed by atoms with Gasteiger partial charge in [0.05, 0.1) is 13.2 Å². The molecule has 156 valence electrons. The zero-order chi connectivity index (χ0) is 20.8. The Morgan fingerprint density at radius 1 is 1.23 bits per heavy atom. The smallest absolute Gasteiger partial charge is 0.251 e. The van der Waals surface area contributed by atoms with E-state index in [2.05, 4.69) is 27.3 Å². The van der Waals surface area contributed by atoms with Crippen LogP contribution in [0, 0.1) is 5.92 Å². The summed E-state index contributed by atoms with van der Waals surface area (Å²) in [6.07, 6.45) is 3.99. The number of benzene rings is 2. The van der Waals surface area contributed by atoms with Gasteiger partial charge in [0, 0.05) is 35.8 Å². The molecule has 0 saturated carbocycles. The molecule has 1 fully saturated rings. The first-order valence-electron chi connectivity index (χ1n) is 10.3. The SMILES string of the molecule is COc1ccccc1CN1CCC[C@H]([C@@H](NC(=O)c2ccccc2)c2nccs2)C1. The number of carbonyl (C=O) groups excluding carboxylic acids is 1. The molecule has 0 aliphatic carbocycles. The van der Waals surface area contributed by atoms with Crippen molar-refractivity contribution in [1.82, 2.24) is 15.2 Å². The number of ether oxygens (including phenoxy) is 1. The van der Waals surface area contributed by atoms with E-state index in [1.54, 1.807) is 18.4 Å². The van der Waals surface area contributed by atoms with E-state index in [1.807, 2.05) is 54.0 Å². The number of amides is 1. The summed E-state index contributed by atoms with van der Waals surface area (Å²) in [4.78, 5) is 19.9. The molecule has 1 aromatic heterocycles. The van der Waals surface area contributed by atoms with E-state index < -0.39 is 0 Å². The quantitative estimate of drug-likeness (QED) is 0.609. The molecule has 2 aromatic carbocycles. The molecular formula is C24H27N3O2S. The molecule has 3 aromatic rings. The highest BCUT2D eigenvalue weighted by molar-refractivity contribution is 7.09. The molecular weight excluding hydrogens is 394 g/mol. The first-order valence-corrected chi connectivity index (χ1v) is 11.2. The molecule has 1 amide bonds. The standard InChI is InChI=1S/C24H27N3O2S/c1-29-21-12-6-5-10-19(21)16-27-14-7-11-20(17-27)22(24-25-13-15-30-24)26-23(28)18-8-3-2-4-9-18/h2-6,8-10,12-13,15,20,22H,7,11,14,16-17H2,1H3,(H,26,28)/t20-,22+/m0/s1. The van der Waals surface area contributed by atoms with Gasteiger partial charge in [-0.3, -0.25) is 9.69 Å². The Labute approximate surface area is 181 Å². The van der Waals surface area contributed by atoms with Crippen LogP contribution in [0.4, 0.5) is 0 Å². The molecule has 1 aliphatic rings. The Hall–Kier alpha value is -2.70. The van der Waals surface area contributed by atoms with Gasteiger partial charge >= 0.3 is 0 Å². The number of piperidine rings is 1. The molecule has 6 heteroatoms. The summed E-state index contributed by atoms with van der Waals surface area (Å²) >= 11 is 1.61. The van der Waals surface area contributed by atoms with E-state index in [1.165, 1.54) is 5.56 Å². The Morgan fingerprint density at radius 3 is 2.80 bits per heavy atom. The molecule has 0 radical (unpaired) electrons. The molecule has 2 atom stereocenters. The molecule has 30 heavy (non-hydrogen) atoms. The molecule has 0 spiro atoms. The van der Waals surface area contributed by atoms with Gasteiger partial charge in [0.15, 0.2) is 0 Å². The number of nitrogens with zero attached hydrogens (tertiary/aromatic N) is 2. The van der Waals surface area contributed by atoms with Crippen LogP contribution in [0.3, 0.4) is 0 Å². The van der Waals surface area contributed by atoms with Gasteiger partial charge in [-0.1, -0.05) is 36.4 Å². The monoisotopic (exact) mass is 421 g/mol. The van der Waals surface area contributed by atoms with E-state index in [9.17, 15) is 4.79 Å². The summed E-state index contributed by atoms with van der Waals surface area (Å²) in [7, 11) is 1.72. The Balaban J connectivity index is 1.50. The third-order valence-electron chi connectivity index (χ3n) is 5.64. The predicted octanol–water partition coefficient (Wildman–Crippen LogP) is 4.54. The third-order valence-corrected chi connectivity index (χ3v) is 6.50. The molecule has 0 unspecified atom stereocenters. The number of carbonyl (C=O) groups is 1. The second kappa shape index (κ2) is 9.87. The number of rotatable bonds is 7. The summed E-state index contributed by atoms with van der Waals surface area (Å²) in [6, 6.07) is 17.5. The van der Waals surface area contributed by atoms with Crippen LogP contribution in [0.1, 0.15) is 39.8 Å². The van der Waals surface area contributed by atoms with Gasteiger partial charge in [-0.2, -0.15) is 0 Å². The van der Waals surface area contributed by atoms with Crippen molar-refractivity contribution in [3.8, 4) is 5.75 Å². The van der Waals surface area contributed by atoms with Crippen molar-refractivity contribution in [3.05, 3.63) is 82.3 Å². The maximum absolute atomic E-state index is 12.9. The Kier molecular flexibility index (Phi) is 6.77. The number of thiazole rings is 1. The van der Waals surface area contributed by atoms with Crippen molar-refractivity contribution in [2.24, 2.45) is 5.92 Å². The Morgan fingerprint density at radius 2 is 2.03 bits per heavy atom. The van der Waals surface area contributed by atoms with E-state index in [4.69, 9.17) is 4.74 Å². The minimum atomic E-state index is -0.0850. The first kappa shape index (κ1) is 20.6. The topological polar surface area (TPSA) is 54.5 Å². The summed E-state index contributed by atoms with van der Waals surface area (Å²) in [5, 5.41) is 6.22. The Bertz CT molecular complexity index is 946. The fourth-order valence-corrected chi connectivity index (χ4v) is 4.95. The van der Waals surface area contributed by atoms with Crippen LogP contribution in [0.5, 0.6) is 5.75 Å². The number of hydrogen-bond donors (Lipinski definition) is 1. The van der Waals surface area contributed by atoms with Gasteiger partial charge in [-0.15, -0.1) is 11.3 Å². The van der Waals surface area contributed by atoms with Crippen molar-refractivity contribution < 1.29 is 9.53 Å². The van der Waals surface area contributed by atoms with Crippen molar-refractivity contribution in [2.45, 2.75) is 25.4 Å².